The van der Waals surface area contributed by atoms with Crippen molar-refractivity contribution in [1.82, 2.24) is 20.9 Å². The van der Waals surface area contributed by atoms with Gasteiger partial charge in [-0.25, -0.2) is 0 Å². The first-order valence-electron chi connectivity index (χ1n) is 10.3. The van der Waals surface area contributed by atoms with Crippen LogP contribution in [-0.4, -0.2) is 63.1 Å². The van der Waals surface area contributed by atoms with Gasteiger partial charge in [0.05, 0.1) is 13.7 Å². The molecule has 7 heteroatoms. The van der Waals surface area contributed by atoms with E-state index in [4.69, 9.17) is 4.74 Å². The average molecular weight is 404 g/mol. The van der Waals surface area contributed by atoms with Crippen LogP contribution in [0, 0.1) is 5.92 Å². The van der Waals surface area contributed by atoms with E-state index in [1.807, 2.05) is 32.9 Å². The first kappa shape index (κ1) is 23.0. The van der Waals surface area contributed by atoms with Crippen LogP contribution in [0.3, 0.4) is 0 Å². The summed E-state index contributed by atoms with van der Waals surface area (Å²) in [5.41, 5.74) is 1.06. The molecule has 0 radical (unpaired) electrons. The number of benzene rings is 1. The summed E-state index contributed by atoms with van der Waals surface area (Å²) in [4.78, 5) is 18.7. The Morgan fingerprint density at radius 2 is 1.93 bits per heavy atom. The van der Waals surface area contributed by atoms with Gasteiger partial charge < -0.3 is 20.7 Å². The van der Waals surface area contributed by atoms with Crippen LogP contribution in [0.15, 0.2) is 29.3 Å². The molecule has 29 heavy (non-hydrogen) atoms. The van der Waals surface area contributed by atoms with Crippen molar-refractivity contribution >= 4 is 11.9 Å². The zero-order valence-electron chi connectivity index (χ0n) is 18.7. The third kappa shape index (κ3) is 7.24. The third-order valence-electron chi connectivity index (χ3n) is 5.15. The normalized spacial score (nSPS) is 20.8. The number of hydrogen-bond acceptors (Lipinski definition) is 4. The van der Waals surface area contributed by atoms with Gasteiger partial charge in [-0.2, -0.15) is 0 Å². The lowest BCUT2D eigenvalue weighted by Gasteiger charge is -2.40. The summed E-state index contributed by atoms with van der Waals surface area (Å²) < 4.78 is 5.30. The number of aliphatic imine (C=N–C) groups is 1. The molecule has 1 aliphatic rings. The summed E-state index contributed by atoms with van der Waals surface area (Å²) in [6.45, 7) is 7.99. The molecule has 1 aromatic carbocycles. The lowest BCUT2D eigenvalue weighted by molar-refractivity contribution is -0.121. The van der Waals surface area contributed by atoms with Gasteiger partial charge in [-0.05, 0) is 70.8 Å². The van der Waals surface area contributed by atoms with Gasteiger partial charge in [0.15, 0.2) is 5.96 Å². The van der Waals surface area contributed by atoms with E-state index in [0.29, 0.717) is 17.9 Å². The van der Waals surface area contributed by atoms with Crippen LogP contribution < -0.4 is 20.7 Å². The lowest BCUT2D eigenvalue weighted by Crippen LogP contribution is -2.49. The number of nitrogens with one attached hydrogen (secondary N) is 3. The second kappa shape index (κ2) is 10.5. The number of piperidine rings is 1. The molecule has 1 aromatic rings. The molecule has 0 saturated carbocycles. The Hall–Kier alpha value is -2.28. The fourth-order valence-corrected chi connectivity index (χ4v) is 3.88. The minimum Gasteiger partial charge on any atom is -0.497 e. The number of ether oxygens (including phenoxy) is 1. The average Bonchev–Trinajstić information content (AvgIpc) is 2.67. The molecule has 1 aliphatic heterocycles. The second-order valence-electron chi connectivity index (χ2n) is 8.71. The third-order valence-corrected chi connectivity index (χ3v) is 5.15. The number of amides is 1. The van der Waals surface area contributed by atoms with Gasteiger partial charge in [0, 0.05) is 25.2 Å². The van der Waals surface area contributed by atoms with E-state index < -0.39 is 0 Å². The van der Waals surface area contributed by atoms with Gasteiger partial charge in [0.2, 0.25) is 5.91 Å². The van der Waals surface area contributed by atoms with Crippen molar-refractivity contribution in [2.45, 2.75) is 45.2 Å². The van der Waals surface area contributed by atoms with Crippen LogP contribution in [-0.2, 0) is 4.79 Å². The molecule has 0 aromatic heterocycles. The largest absolute Gasteiger partial charge is 0.497 e. The number of likely N-dealkylation sites (tertiary alicyclic amines) is 1. The predicted molar refractivity (Wildman–Crippen MR) is 118 cm³/mol. The van der Waals surface area contributed by atoms with Crippen molar-refractivity contribution < 1.29 is 9.53 Å². The van der Waals surface area contributed by atoms with E-state index >= 15 is 0 Å². The maximum Gasteiger partial charge on any atom is 0.239 e. The van der Waals surface area contributed by atoms with Crippen molar-refractivity contribution in [3.63, 3.8) is 0 Å². The number of guanidine groups is 1. The highest BCUT2D eigenvalue weighted by Gasteiger charge is 2.30. The first-order chi connectivity index (χ1) is 13.7. The Balaban J connectivity index is 1.95. The van der Waals surface area contributed by atoms with Gasteiger partial charge in [-0.1, -0.05) is 12.1 Å². The van der Waals surface area contributed by atoms with Crippen LogP contribution in [0.4, 0.5) is 0 Å². The highest BCUT2D eigenvalue weighted by atomic mass is 16.5. The smallest absolute Gasteiger partial charge is 0.239 e. The van der Waals surface area contributed by atoms with E-state index in [1.165, 1.54) is 12.0 Å². The fraction of sp³-hybridized carbons (Fsp3) is 0.636. The van der Waals surface area contributed by atoms with Gasteiger partial charge in [-0.15, -0.1) is 0 Å². The summed E-state index contributed by atoms with van der Waals surface area (Å²) >= 11 is 0. The molecule has 0 bridgehead atoms. The zero-order valence-corrected chi connectivity index (χ0v) is 18.7. The van der Waals surface area contributed by atoms with Gasteiger partial charge >= 0.3 is 0 Å². The Kier molecular flexibility index (Phi) is 8.32. The Morgan fingerprint density at radius 3 is 2.52 bits per heavy atom. The second-order valence-corrected chi connectivity index (χ2v) is 8.71. The van der Waals surface area contributed by atoms with E-state index in [-0.39, 0.29) is 18.0 Å². The molecule has 1 saturated heterocycles. The number of methoxy groups -OCH3 is 1. The summed E-state index contributed by atoms with van der Waals surface area (Å²) in [5, 5.41) is 9.46. The predicted octanol–water partition coefficient (Wildman–Crippen LogP) is 2.16. The molecule has 1 amide bonds. The van der Waals surface area contributed by atoms with Gasteiger partial charge in [-0.3, -0.25) is 14.7 Å². The Bertz CT molecular complexity index is 681. The molecule has 2 rings (SSSR count). The number of carbonyl (C=O) groups excluding carboxylic acids is 1. The molecule has 0 spiro atoms. The van der Waals surface area contributed by atoms with Crippen molar-refractivity contribution in [3.05, 3.63) is 29.8 Å². The molecule has 2 atom stereocenters. The number of nitrogens with zero attached hydrogens (tertiary/aromatic N) is 2. The van der Waals surface area contributed by atoms with Crippen LogP contribution in [0.25, 0.3) is 0 Å². The summed E-state index contributed by atoms with van der Waals surface area (Å²) in [5.74, 6) is 1.92. The molecule has 0 aliphatic carbocycles. The molecular weight excluding hydrogens is 366 g/mol. The number of carbonyl (C=O) groups is 1. The highest BCUT2D eigenvalue weighted by Crippen LogP contribution is 2.35. The maximum absolute atomic E-state index is 12.0. The minimum absolute atomic E-state index is 0.0473. The molecule has 1 heterocycles. The molecule has 2 unspecified atom stereocenters. The minimum atomic E-state index is -0.242. The monoisotopic (exact) mass is 403 g/mol. The van der Waals surface area contributed by atoms with E-state index in [1.54, 1.807) is 14.2 Å². The summed E-state index contributed by atoms with van der Waals surface area (Å²) in [6.07, 6.45) is 2.32. The van der Waals surface area contributed by atoms with E-state index in [9.17, 15) is 4.79 Å². The van der Waals surface area contributed by atoms with E-state index in [0.717, 1.165) is 25.3 Å². The molecule has 1 fully saturated rings. The van der Waals surface area contributed by atoms with Crippen molar-refractivity contribution in [3.8, 4) is 5.75 Å². The van der Waals surface area contributed by atoms with Gasteiger partial charge in [0.25, 0.3) is 0 Å². The maximum atomic E-state index is 12.0. The van der Waals surface area contributed by atoms with Crippen molar-refractivity contribution in [2.75, 3.05) is 40.8 Å². The molecule has 7 nitrogen and oxygen atoms in total. The van der Waals surface area contributed by atoms with Crippen LogP contribution in [0.1, 0.15) is 45.2 Å². The number of hydrogen-bond donors (Lipinski definition) is 3. The van der Waals surface area contributed by atoms with Crippen molar-refractivity contribution in [2.24, 2.45) is 10.9 Å². The highest BCUT2D eigenvalue weighted by molar-refractivity contribution is 5.86. The SMILES string of the molecule is CN=C(NCC(=O)NC(C)(C)C)NCC1CCCN(C)C1c1ccc(OC)cc1. The van der Waals surface area contributed by atoms with Crippen molar-refractivity contribution in [1.29, 1.82) is 0 Å². The quantitative estimate of drug-likeness (QED) is 0.501. The lowest BCUT2D eigenvalue weighted by atomic mass is 9.85. The zero-order chi connectivity index (χ0) is 21.4. The molecule has 162 valence electrons. The number of rotatable bonds is 6. The molecular formula is C22H37N5O2. The summed E-state index contributed by atoms with van der Waals surface area (Å²) in [7, 11) is 5.60. The van der Waals surface area contributed by atoms with Crippen LogP contribution >= 0.6 is 0 Å². The fourth-order valence-electron chi connectivity index (χ4n) is 3.88. The summed E-state index contributed by atoms with van der Waals surface area (Å²) in [6, 6.07) is 8.70. The van der Waals surface area contributed by atoms with E-state index in [2.05, 4.69) is 45.0 Å². The van der Waals surface area contributed by atoms with Crippen LogP contribution in [0.5, 0.6) is 5.75 Å². The standard InChI is InChI=1S/C22H37N5O2/c1-22(2,3)26-19(28)15-25-21(23-4)24-14-17-8-7-13-27(5)20(17)16-9-11-18(29-6)12-10-16/h9-12,17,20H,7-8,13-15H2,1-6H3,(H,26,28)(H2,23,24,25). The molecule has 3 N–H and O–H groups in total. The Labute approximate surface area is 175 Å². The first-order valence-corrected chi connectivity index (χ1v) is 10.3. The topological polar surface area (TPSA) is 78.0 Å². The Morgan fingerprint density at radius 1 is 1.24 bits per heavy atom. The van der Waals surface area contributed by atoms with Crippen LogP contribution in [0.2, 0.25) is 0 Å². The van der Waals surface area contributed by atoms with Gasteiger partial charge in [0.1, 0.15) is 5.75 Å².